The molecule has 1 atom stereocenters. The number of aliphatic hydroxyl groups excluding tert-OH is 1. The molecule has 1 N–H and O–H groups in total. The van der Waals surface area contributed by atoms with Crippen molar-refractivity contribution in [3.05, 3.63) is 34.3 Å². The van der Waals surface area contributed by atoms with E-state index in [9.17, 15) is 5.11 Å². The average Bonchev–Trinajstić information content (AvgIpc) is 2.17. The molecule has 0 aliphatic heterocycles. The molecule has 2 nitrogen and oxygen atoms in total. The van der Waals surface area contributed by atoms with E-state index >= 15 is 0 Å². The fourth-order valence-electron chi connectivity index (χ4n) is 1.22. The Morgan fingerprint density at radius 2 is 2.07 bits per heavy atom. The summed E-state index contributed by atoms with van der Waals surface area (Å²) in [6.07, 6.45) is -0.615. The molecule has 74 valence electrons. The summed E-state index contributed by atoms with van der Waals surface area (Å²) in [5.74, 6) is 0.0847. The van der Waals surface area contributed by atoms with E-state index in [1.54, 1.807) is 18.2 Å². The molecule has 1 unspecified atom stereocenters. The number of nitriles is 1. The molecular weight excluding hydrogens is 198 g/mol. The molecule has 0 aromatic heterocycles. The Bertz CT molecular complexity index is 368. The quantitative estimate of drug-likeness (QED) is 0.814. The lowest BCUT2D eigenvalue weighted by atomic mass is 9.98. The van der Waals surface area contributed by atoms with Crippen LogP contribution in [0.5, 0.6) is 0 Å². The van der Waals surface area contributed by atoms with E-state index < -0.39 is 6.10 Å². The standard InChI is InChI=1S/C11H12ClNO/c1-7(2)11(14)9-5-3-4-8(6-13)10(9)12/h3-5,7,11,14H,1-2H3. The fraction of sp³-hybridized carbons (Fsp3) is 0.364. The first kappa shape index (κ1) is 11.0. The van der Waals surface area contributed by atoms with Crippen LogP contribution in [0.1, 0.15) is 31.1 Å². The summed E-state index contributed by atoms with van der Waals surface area (Å²) in [5, 5.41) is 18.9. The molecule has 0 spiro atoms. The average molecular weight is 210 g/mol. The minimum absolute atomic E-state index is 0.0847. The van der Waals surface area contributed by atoms with Gasteiger partial charge in [0.1, 0.15) is 6.07 Å². The Kier molecular flexibility index (Phi) is 3.51. The van der Waals surface area contributed by atoms with Crippen LogP contribution in [0, 0.1) is 17.2 Å². The second-order valence-electron chi connectivity index (χ2n) is 3.51. The van der Waals surface area contributed by atoms with Crippen molar-refractivity contribution in [2.45, 2.75) is 20.0 Å². The first-order chi connectivity index (χ1) is 6.57. The third-order valence-electron chi connectivity index (χ3n) is 2.10. The zero-order valence-electron chi connectivity index (χ0n) is 8.16. The van der Waals surface area contributed by atoms with Gasteiger partial charge in [-0.15, -0.1) is 0 Å². The highest BCUT2D eigenvalue weighted by Crippen LogP contribution is 2.30. The molecule has 0 saturated carbocycles. The van der Waals surface area contributed by atoms with E-state index in [0.717, 1.165) is 0 Å². The summed E-state index contributed by atoms with van der Waals surface area (Å²) >= 11 is 5.97. The lowest BCUT2D eigenvalue weighted by Crippen LogP contribution is -2.06. The molecule has 0 aliphatic rings. The minimum atomic E-state index is -0.615. The third-order valence-corrected chi connectivity index (χ3v) is 2.52. The maximum atomic E-state index is 9.80. The molecular formula is C11H12ClNO. The van der Waals surface area contributed by atoms with Gasteiger partial charge in [-0.25, -0.2) is 0 Å². The summed E-state index contributed by atoms with van der Waals surface area (Å²) in [5.41, 5.74) is 1.03. The maximum Gasteiger partial charge on any atom is 0.101 e. The molecule has 0 aliphatic carbocycles. The fourth-order valence-corrected chi connectivity index (χ4v) is 1.50. The molecule has 0 saturated heterocycles. The molecule has 0 fully saturated rings. The highest BCUT2D eigenvalue weighted by molar-refractivity contribution is 6.32. The predicted molar refractivity (Wildman–Crippen MR) is 56.0 cm³/mol. The van der Waals surface area contributed by atoms with Gasteiger partial charge >= 0.3 is 0 Å². The molecule has 3 heteroatoms. The van der Waals surface area contributed by atoms with Crippen molar-refractivity contribution in [1.82, 2.24) is 0 Å². The largest absolute Gasteiger partial charge is 0.388 e. The van der Waals surface area contributed by atoms with Gasteiger partial charge in [-0.1, -0.05) is 37.6 Å². The van der Waals surface area contributed by atoms with Crippen molar-refractivity contribution >= 4 is 11.6 Å². The highest BCUT2D eigenvalue weighted by Gasteiger charge is 2.16. The summed E-state index contributed by atoms with van der Waals surface area (Å²) in [6, 6.07) is 7.10. The van der Waals surface area contributed by atoms with Crippen LogP contribution in [0.3, 0.4) is 0 Å². The van der Waals surface area contributed by atoms with Gasteiger partial charge in [0.25, 0.3) is 0 Å². The SMILES string of the molecule is CC(C)C(O)c1cccc(C#N)c1Cl. The van der Waals surface area contributed by atoms with E-state index in [-0.39, 0.29) is 5.92 Å². The van der Waals surface area contributed by atoms with Gasteiger partial charge in [-0.2, -0.15) is 5.26 Å². The predicted octanol–water partition coefficient (Wildman–Crippen LogP) is 2.90. The van der Waals surface area contributed by atoms with Gasteiger partial charge in [-0.3, -0.25) is 0 Å². The lowest BCUT2D eigenvalue weighted by molar-refractivity contribution is 0.127. The first-order valence-electron chi connectivity index (χ1n) is 4.44. The smallest absolute Gasteiger partial charge is 0.101 e. The van der Waals surface area contributed by atoms with Crippen molar-refractivity contribution in [2.24, 2.45) is 5.92 Å². The van der Waals surface area contributed by atoms with E-state index in [0.29, 0.717) is 16.1 Å². The van der Waals surface area contributed by atoms with E-state index in [1.807, 2.05) is 19.9 Å². The topological polar surface area (TPSA) is 44.0 Å². The molecule has 1 rings (SSSR count). The van der Waals surface area contributed by atoms with Gasteiger partial charge in [0, 0.05) is 5.56 Å². The first-order valence-corrected chi connectivity index (χ1v) is 4.82. The van der Waals surface area contributed by atoms with Gasteiger partial charge in [0.2, 0.25) is 0 Å². The Hall–Kier alpha value is -1.04. The number of halogens is 1. The Balaban J connectivity index is 3.17. The van der Waals surface area contributed by atoms with E-state index in [4.69, 9.17) is 16.9 Å². The number of nitrogens with zero attached hydrogens (tertiary/aromatic N) is 1. The second kappa shape index (κ2) is 4.45. The summed E-state index contributed by atoms with van der Waals surface area (Å²) in [6.45, 7) is 3.81. The van der Waals surface area contributed by atoms with Crippen LogP contribution in [0.25, 0.3) is 0 Å². The molecule has 14 heavy (non-hydrogen) atoms. The summed E-state index contributed by atoms with van der Waals surface area (Å²) in [4.78, 5) is 0. The van der Waals surface area contributed by atoms with Crippen LogP contribution < -0.4 is 0 Å². The number of hydrogen-bond donors (Lipinski definition) is 1. The van der Waals surface area contributed by atoms with Crippen molar-refractivity contribution in [2.75, 3.05) is 0 Å². The van der Waals surface area contributed by atoms with Gasteiger partial charge in [-0.05, 0) is 12.0 Å². The number of hydrogen-bond acceptors (Lipinski definition) is 2. The second-order valence-corrected chi connectivity index (χ2v) is 3.89. The van der Waals surface area contributed by atoms with Crippen LogP contribution in [0.2, 0.25) is 5.02 Å². The van der Waals surface area contributed by atoms with Crippen LogP contribution in [0.15, 0.2) is 18.2 Å². The van der Waals surface area contributed by atoms with Gasteiger partial charge in [0.15, 0.2) is 0 Å². The number of rotatable bonds is 2. The van der Waals surface area contributed by atoms with Crippen LogP contribution in [-0.2, 0) is 0 Å². The molecule has 1 aromatic carbocycles. The van der Waals surface area contributed by atoms with E-state index in [2.05, 4.69) is 0 Å². The Morgan fingerprint density at radius 1 is 1.43 bits per heavy atom. The minimum Gasteiger partial charge on any atom is -0.388 e. The Labute approximate surface area is 88.7 Å². The van der Waals surface area contributed by atoms with Crippen molar-refractivity contribution < 1.29 is 5.11 Å². The third kappa shape index (κ3) is 2.06. The molecule has 0 bridgehead atoms. The monoisotopic (exact) mass is 209 g/mol. The number of aliphatic hydroxyl groups is 1. The number of benzene rings is 1. The molecule has 0 heterocycles. The normalized spacial score (nSPS) is 12.6. The van der Waals surface area contributed by atoms with Crippen LogP contribution >= 0.6 is 11.6 Å². The van der Waals surface area contributed by atoms with Gasteiger partial charge < -0.3 is 5.11 Å². The summed E-state index contributed by atoms with van der Waals surface area (Å²) in [7, 11) is 0. The maximum absolute atomic E-state index is 9.80. The molecule has 1 aromatic rings. The highest BCUT2D eigenvalue weighted by atomic mass is 35.5. The Morgan fingerprint density at radius 3 is 2.57 bits per heavy atom. The van der Waals surface area contributed by atoms with Crippen molar-refractivity contribution in [3.63, 3.8) is 0 Å². The molecule has 0 radical (unpaired) electrons. The molecule has 0 amide bonds. The van der Waals surface area contributed by atoms with Crippen LogP contribution in [0.4, 0.5) is 0 Å². The lowest BCUT2D eigenvalue weighted by Gasteiger charge is -2.16. The van der Waals surface area contributed by atoms with Crippen LogP contribution in [-0.4, -0.2) is 5.11 Å². The van der Waals surface area contributed by atoms with E-state index in [1.165, 1.54) is 0 Å². The van der Waals surface area contributed by atoms with Crippen molar-refractivity contribution in [3.8, 4) is 6.07 Å². The van der Waals surface area contributed by atoms with Gasteiger partial charge in [0.05, 0.1) is 16.7 Å². The zero-order chi connectivity index (χ0) is 10.7. The summed E-state index contributed by atoms with van der Waals surface area (Å²) < 4.78 is 0. The zero-order valence-corrected chi connectivity index (χ0v) is 8.92. The van der Waals surface area contributed by atoms with Crippen molar-refractivity contribution in [1.29, 1.82) is 5.26 Å².